The first-order valence-corrected chi connectivity index (χ1v) is 14.6. The number of hydrogen-bond acceptors (Lipinski definition) is 9. The minimum atomic E-state index is -0.482. The third-order valence-electron chi connectivity index (χ3n) is 6.97. The number of Topliss-reactive ketones (excluding diaryl/α,β-unsaturated/α-hetero) is 1. The van der Waals surface area contributed by atoms with Crippen LogP contribution in [0.2, 0.25) is 0 Å². The highest BCUT2D eigenvalue weighted by Gasteiger charge is 2.30. The predicted molar refractivity (Wildman–Crippen MR) is 148 cm³/mol. The number of carbonyl (C=O) groups is 1. The number of carbonyl (C=O) groups excluding carboxylic acids is 1. The first-order valence-electron chi connectivity index (χ1n) is 12.5. The van der Waals surface area contributed by atoms with Gasteiger partial charge in [0.15, 0.2) is 10.8 Å². The number of rotatable bonds is 8. The number of halogens is 2. The molecule has 1 aliphatic heterocycles. The molecule has 192 valence electrons. The van der Waals surface area contributed by atoms with E-state index in [1.165, 1.54) is 36.2 Å². The first-order chi connectivity index (χ1) is 17.5. The van der Waals surface area contributed by atoms with Gasteiger partial charge < -0.3 is 20.8 Å². The van der Waals surface area contributed by atoms with Crippen molar-refractivity contribution in [2.75, 3.05) is 18.4 Å². The van der Waals surface area contributed by atoms with Crippen molar-refractivity contribution in [2.24, 2.45) is 5.92 Å². The Hall–Kier alpha value is -1.83. The van der Waals surface area contributed by atoms with Gasteiger partial charge in [0.2, 0.25) is 5.78 Å². The van der Waals surface area contributed by atoms with Gasteiger partial charge in [-0.1, -0.05) is 40.0 Å². The summed E-state index contributed by atoms with van der Waals surface area (Å²) in [6.07, 6.45) is 12.4. The fourth-order valence-corrected chi connectivity index (χ4v) is 6.90. The van der Waals surface area contributed by atoms with Gasteiger partial charge in [0, 0.05) is 3.92 Å². The Balaban J connectivity index is 1.31. The number of piperidine rings is 1. The lowest BCUT2D eigenvalue weighted by molar-refractivity contribution is -0.00858. The summed E-state index contributed by atoms with van der Waals surface area (Å²) < 4.78 is 21.0. The van der Waals surface area contributed by atoms with E-state index in [9.17, 15) is 9.18 Å². The van der Waals surface area contributed by atoms with Gasteiger partial charge in [-0.2, -0.15) is 0 Å². The van der Waals surface area contributed by atoms with Crippen LogP contribution in [0.5, 0.6) is 0 Å². The Morgan fingerprint density at radius 3 is 2.92 bits per heavy atom. The third-order valence-corrected chi connectivity index (χ3v) is 9.06. The highest BCUT2D eigenvalue weighted by molar-refractivity contribution is 14.1. The second kappa shape index (κ2) is 11.7. The number of anilines is 1. The summed E-state index contributed by atoms with van der Waals surface area (Å²) in [7, 11) is 0. The highest BCUT2D eigenvalue weighted by atomic mass is 127. The summed E-state index contributed by atoms with van der Waals surface area (Å²) in [5.74, 6) is 0.150. The molecule has 11 heteroatoms. The van der Waals surface area contributed by atoms with E-state index in [-0.39, 0.29) is 34.5 Å². The molecule has 3 aliphatic rings. The molecule has 8 nitrogen and oxygen atoms in total. The average molecular weight is 625 g/mol. The number of thiazole rings is 1. The van der Waals surface area contributed by atoms with Crippen LogP contribution in [0.3, 0.4) is 0 Å². The second-order valence-corrected chi connectivity index (χ2v) is 12.4. The first kappa shape index (κ1) is 25.8. The molecule has 0 bridgehead atoms. The predicted octanol–water partition coefficient (Wildman–Crippen LogP) is 5.01. The molecule has 4 atom stereocenters. The van der Waals surface area contributed by atoms with E-state index < -0.39 is 6.10 Å². The van der Waals surface area contributed by atoms with Crippen molar-refractivity contribution in [3.8, 4) is 0 Å². The molecule has 0 radical (unpaired) electrons. The van der Waals surface area contributed by atoms with E-state index in [0.717, 1.165) is 45.2 Å². The highest BCUT2D eigenvalue weighted by Crippen LogP contribution is 2.31. The monoisotopic (exact) mass is 624 g/mol. The van der Waals surface area contributed by atoms with E-state index >= 15 is 0 Å². The fourth-order valence-electron chi connectivity index (χ4n) is 5.02. The lowest BCUT2D eigenvalue weighted by Crippen LogP contribution is -2.39. The Bertz CT molecular complexity index is 1180. The molecule has 0 spiro atoms. The number of hydrogen-bond donors (Lipinski definition) is 3. The average Bonchev–Trinajstić information content (AvgIpc) is 3.31. The van der Waals surface area contributed by atoms with E-state index in [1.54, 1.807) is 6.08 Å². The van der Waals surface area contributed by atoms with Crippen molar-refractivity contribution in [3.63, 3.8) is 0 Å². The van der Waals surface area contributed by atoms with Crippen LogP contribution in [-0.2, 0) is 4.74 Å². The van der Waals surface area contributed by atoms with Gasteiger partial charge in [-0.05, 0) is 76.1 Å². The van der Waals surface area contributed by atoms with Crippen LogP contribution in [0.15, 0.2) is 30.4 Å². The molecular weight excluding hydrogens is 594 g/mol. The molecule has 2 unspecified atom stereocenters. The molecular formula is C25H30FIN6O2S. The zero-order valence-electron chi connectivity index (χ0n) is 19.9. The van der Waals surface area contributed by atoms with Crippen molar-refractivity contribution < 1.29 is 13.9 Å². The molecule has 1 saturated carbocycles. The van der Waals surface area contributed by atoms with Gasteiger partial charge in [0.25, 0.3) is 0 Å². The summed E-state index contributed by atoms with van der Waals surface area (Å²) in [6, 6.07) is -0.337. The van der Waals surface area contributed by atoms with Crippen LogP contribution in [-0.4, -0.2) is 61.7 Å². The number of aromatic nitrogens is 3. The van der Waals surface area contributed by atoms with Crippen molar-refractivity contribution in [3.05, 3.63) is 35.4 Å². The molecule has 5 rings (SSSR count). The summed E-state index contributed by atoms with van der Waals surface area (Å²) in [4.78, 5) is 26.8. The fraction of sp³-hybridized carbons (Fsp3) is 0.560. The molecule has 2 fully saturated rings. The maximum Gasteiger partial charge on any atom is 0.235 e. The summed E-state index contributed by atoms with van der Waals surface area (Å²) >= 11 is 3.64. The number of nitrogens with zero attached hydrogens (tertiary/aromatic N) is 3. The maximum absolute atomic E-state index is 14.1. The van der Waals surface area contributed by atoms with Crippen molar-refractivity contribution in [1.82, 2.24) is 20.3 Å². The topological polar surface area (TPSA) is 113 Å². The zero-order chi connectivity index (χ0) is 25.1. The normalized spacial score (nSPS) is 27.1. The quantitative estimate of drug-likeness (QED) is 0.164. The number of ketones is 1. The number of alkyl halides is 1. The van der Waals surface area contributed by atoms with E-state index in [4.69, 9.17) is 10.1 Å². The molecule has 0 amide bonds. The maximum atomic E-state index is 14.1. The SMILES string of the molecule is N=C(CC1CCNCC1)C(=O)c1nc2c(NC3C=CC(F)=CC3O[C@@H]3CCC[C@H](I)C3)ncnc2s1. The standard InChI is InChI=1S/C25H30FIN6O2S/c26-15-4-5-19(20(11-15)35-17-3-1-2-16(27)12-17)32-23-21-24(31-13-30-23)36-25(33-21)22(34)18(28)10-14-6-8-29-9-7-14/h4-5,11,13-14,16-17,19-20,28-29H,1-3,6-10,12H2,(H,30,31,32)/t16-,17+,19?,20?/m0/s1. The lowest BCUT2D eigenvalue weighted by Gasteiger charge is -2.33. The molecule has 0 aromatic carbocycles. The Morgan fingerprint density at radius 2 is 2.11 bits per heavy atom. The minimum absolute atomic E-state index is 0.0883. The largest absolute Gasteiger partial charge is 0.368 e. The molecule has 3 N–H and O–H groups in total. The summed E-state index contributed by atoms with van der Waals surface area (Å²) in [6.45, 7) is 1.85. The van der Waals surface area contributed by atoms with Gasteiger partial charge in [-0.25, -0.2) is 19.3 Å². The molecule has 1 saturated heterocycles. The van der Waals surface area contributed by atoms with Crippen LogP contribution >= 0.6 is 33.9 Å². The van der Waals surface area contributed by atoms with E-state index in [0.29, 0.717) is 32.4 Å². The van der Waals surface area contributed by atoms with Gasteiger partial charge in [0.05, 0.1) is 17.9 Å². The van der Waals surface area contributed by atoms with Crippen LogP contribution in [0.25, 0.3) is 10.3 Å². The van der Waals surface area contributed by atoms with Gasteiger partial charge >= 0.3 is 0 Å². The van der Waals surface area contributed by atoms with Crippen LogP contribution < -0.4 is 10.6 Å². The molecule has 2 aromatic rings. The molecule has 3 heterocycles. The number of ether oxygens (including phenoxy) is 1. The summed E-state index contributed by atoms with van der Waals surface area (Å²) in [5, 5.41) is 15.3. The second-order valence-electron chi connectivity index (χ2n) is 9.67. The third kappa shape index (κ3) is 6.17. The smallest absolute Gasteiger partial charge is 0.235 e. The Morgan fingerprint density at radius 1 is 1.28 bits per heavy atom. The van der Waals surface area contributed by atoms with Crippen molar-refractivity contribution >= 4 is 61.6 Å². The zero-order valence-corrected chi connectivity index (χ0v) is 22.9. The van der Waals surface area contributed by atoms with E-state index in [2.05, 4.69) is 48.2 Å². The van der Waals surface area contributed by atoms with Gasteiger partial charge in [-0.3, -0.25) is 4.79 Å². The minimum Gasteiger partial charge on any atom is -0.368 e. The number of nitrogens with one attached hydrogen (secondary N) is 3. The summed E-state index contributed by atoms with van der Waals surface area (Å²) in [5.41, 5.74) is 0.571. The number of fused-ring (bicyclic) bond motifs is 1. The van der Waals surface area contributed by atoms with Crippen LogP contribution in [0.4, 0.5) is 10.2 Å². The Kier molecular flexibility index (Phi) is 8.39. The van der Waals surface area contributed by atoms with Gasteiger partial charge in [-0.15, -0.1) is 0 Å². The molecule has 36 heavy (non-hydrogen) atoms. The lowest BCUT2D eigenvalue weighted by atomic mass is 9.91. The van der Waals surface area contributed by atoms with Crippen molar-refractivity contribution in [2.45, 2.75) is 67.1 Å². The van der Waals surface area contributed by atoms with Crippen molar-refractivity contribution in [1.29, 1.82) is 5.41 Å². The van der Waals surface area contributed by atoms with Crippen LogP contribution in [0.1, 0.15) is 54.7 Å². The molecule has 2 aliphatic carbocycles. The Labute approximate surface area is 227 Å². The van der Waals surface area contributed by atoms with Gasteiger partial charge in [0.1, 0.15) is 28.6 Å². The van der Waals surface area contributed by atoms with E-state index in [1.807, 2.05) is 0 Å². The molecule has 2 aromatic heterocycles. The van der Waals surface area contributed by atoms with Crippen LogP contribution in [0, 0.1) is 11.3 Å². The number of allylic oxidation sites excluding steroid dienone is 2.